The molecule has 2 atom stereocenters. The highest BCUT2D eigenvalue weighted by molar-refractivity contribution is 5.14. The number of nitrogens with zero attached hydrogens (tertiary/aromatic N) is 1. The van der Waals surface area contributed by atoms with Gasteiger partial charge >= 0.3 is 0 Å². The molecule has 136 valence electrons. The lowest BCUT2D eigenvalue weighted by molar-refractivity contribution is 0.00253. The van der Waals surface area contributed by atoms with Crippen LogP contribution in [0.15, 0.2) is 60.7 Å². The summed E-state index contributed by atoms with van der Waals surface area (Å²) in [6, 6.07) is 19.4. The molecule has 0 radical (unpaired) electrons. The Bertz CT molecular complexity index is 582. The highest BCUT2D eigenvalue weighted by Gasteiger charge is 2.17. The highest BCUT2D eigenvalue weighted by atomic mass is 19.1. The van der Waals surface area contributed by atoms with Gasteiger partial charge in [0.1, 0.15) is 6.17 Å². The zero-order chi connectivity index (χ0) is 17.9. The normalized spacial score (nSPS) is 13.8. The van der Waals surface area contributed by atoms with Gasteiger partial charge in [0.15, 0.2) is 0 Å². The number of benzene rings is 2. The van der Waals surface area contributed by atoms with Crippen molar-refractivity contribution in [2.24, 2.45) is 0 Å². The maximum Gasteiger partial charge on any atom is 0.136 e. The van der Waals surface area contributed by atoms with Crippen molar-refractivity contribution in [1.29, 1.82) is 0 Å². The van der Waals surface area contributed by atoms with Crippen molar-refractivity contribution in [2.45, 2.75) is 25.4 Å². The first-order valence-electron chi connectivity index (χ1n) is 8.48. The Labute approximate surface area is 148 Å². The Hall–Kier alpha value is -1.79. The van der Waals surface area contributed by atoms with E-state index in [1.54, 1.807) is 4.90 Å². The second-order valence-electron chi connectivity index (χ2n) is 6.11. The Morgan fingerprint density at radius 2 is 1.52 bits per heavy atom. The van der Waals surface area contributed by atoms with Crippen molar-refractivity contribution < 1.29 is 19.3 Å². The maximum absolute atomic E-state index is 13.6. The number of aliphatic hydroxyl groups excluding tert-OH is 2. The molecule has 0 aliphatic rings. The monoisotopic (exact) mass is 347 g/mol. The van der Waals surface area contributed by atoms with E-state index >= 15 is 0 Å². The largest absolute Gasteiger partial charge is 0.393 e. The Morgan fingerprint density at radius 1 is 0.920 bits per heavy atom. The molecule has 0 saturated carbocycles. The molecule has 2 aromatic carbocycles. The first-order chi connectivity index (χ1) is 12.2. The topological polar surface area (TPSA) is 52.9 Å². The summed E-state index contributed by atoms with van der Waals surface area (Å²) < 4.78 is 19.1. The fourth-order valence-corrected chi connectivity index (χ4v) is 2.62. The van der Waals surface area contributed by atoms with Crippen LogP contribution in [0.5, 0.6) is 0 Å². The van der Waals surface area contributed by atoms with Gasteiger partial charge in [0.25, 0.3) is 0 Å². The number of rotatable bonds is 11. The fourth-order valence-electron chi connectivity index (χ4n) is 2.62. The molecule has 2 aromatic rings. The third-order valence-corrected chi connectivity index (χ3v) is 3.79. The number of ether oxygens (including phenoxy) is 1. The average Bonchev–Trinajstić information content (AvgIpc) is 2.63. The molecule has 2 unspecified atom stereocenters. The summed E-state index contributed by atoms with van der Waals surface area (Å²) in [7, 11) is 0. The van der Waals surface area contributed by atoms with Crippen molar-refractivity contribution in [1.82, 2.24) is 4.90 Å². The van der Waals surface area contributed by atoms with Crippen LogP contribution < -0.4 is 0 Å². The van der Waals surface area contributed by atoms with Gasteiger partial charge in [-0.25, -0.2) is 4.39 Å². The number of alkyl halides is 1. The van der Waals surface area contributed by atoms with Gasteiger partial charge in [-0.15, -0.1) is 0 Å². The molecule has 0 aliphatic heterocycles. The van der Waals surface area contributed by atoms with Gasteiger partial charge in [0.05, 0.1) is 25.9 Å². The summed E-state index contributed by atoms with van der Waals surface area (Å²) in [6.45, 7) is 0.948. The van der Waals surface area contributed by atoms with Crippen LogP contribution in [0.4, 0.5) is 4.39 Å². The zero-order valence-corrected chi connectivity index (χ0v) is 14.3. The first-order valence-corrected chi connectivity index (χ1v) is 8.48. The lowest BCUT2D eigenvalue weighted by atomic mass is 10.2. The van der Waals surface area contributed by atoms with Gasteiger partial charge in [-0.2, -0.15) is 0 Å². The quantitative estimate of drug-likeness (QED) is 0.655. The molecule has 0 amide bonds. The van der Waals surface area contributed by atoms with E-state index in [-0.39, 0.29) is 19.7 Å². The lowest BCUT2D eigenvalue weighted by Gasteiger charge is -2.26. The molecule has 2 rings (SSSR count). The molecule has 0 heterocycles. The number of hydrogen-bond donors (Lipinski definition) is 2. The summed E-state index contributed by atoms with van der Waals surface area (Å²) in [5, 5.41) is 19.2. The summed E-state index contributed by atoms with van der Waals surface area (Å²) in [6.07, 6.45) is -2.06. The Balaban J connectivity index is 1.82. The molecule has 0 aliphatic carbocycles. The van der Waals surface area contributed by atoms with Crippen LogP contribution in [0.25, 0.3) is 0 Å². The Kier molecular flexibility index (Phi) is 8.55. The molecule has 0 saturated heterocycles. The molecule has 4 nitrogen and oxygen atoms in total. The molecule has 0 bridgehead atoms. The zero-order valence-electron chi connectivity index (χ0n) is 14.3. The molecule has 25 heavy (non-hydrogen) atoms. The smallest absolute Gasteiger partial charge is 0.136 e. The second kappa shape index (κ2) is 10.9. The van der Waals surface area contributed by atoms with E-state index in [0.29, 0.717) is 13.2 Å². The van der Waals surface area contributed by atoms with Crippen LogP contribution in [-0.2, 0) is 17.9 Å². The van der Waals surface area contributed by atoms with Crippen LogP contribution in [0.2, 0.25) is 0 Å². The molecule has 5 heteroatoms. The van der Waals surface area contributed by atoms with Gasteiger partial charge in [-0.05, 0) is 11.1 Å². The first kappa shape index (κ1) is 19.5. The number of halogens is 1. The van der Waals surface area contributed by atoms with E-state index in [2.05, 4.69) is 0 Å². The standard InChI is InChI=1S/C20H26FNO3/c21-19(14-23)12-22(11-17-7-3-1-4-8-17)13-20(24)16-25-15-18-9-5-2-6-10-18/h1-10,19-20,23-24H,11-16H2. The minimum atomic E-state index is -1.33. The van der Waals surface area contributed by atoms with Gasteiger partial charge in [-0.1, -0.05) is 60.7 Å². The van der Waals surface area contributed by atoms with Crippen molar-refractivity contribution in [3.63, 3.8) is 0 Å². The van der Waals surface area contributed by atoms with E-state index in [9.17, 15) is 9.50 Å². The van der Waals surface area contributed by atoms with Crippen LogP contribution >= 0.6 is 0 Å². The highest BCUT2D eigenvalue weighted by Crippen LogP contribution is 2.08. The van der Waals surface area contributed by atoms with Gasteiger partial charge in [-0.3, -0.25) is 4.90 Å². The molecule has 0 fully saturated rings. The maximum atomic E-state index is 13.6. The average molecular weight is 347 g/mol. The van der Waals surface area contributed by atoms with E-state index < -0.39 is 18.9 Å². The van der Waals surface area contributed by atoms with Crippen LogP contribution in [-0.4, -0.2) is 53.7 Å². The van der Waals surface area contributed by atoms with E-state index in [1.165, 1.54) is 0 Å². The summed E-state index contributed by atoms with van der Waals surface area (Å²) in [4.78, 5) is 1.80. The second-order valence-corrected chi connectivity index (χ2v) is 6.11. The minimum Gasteiger partial charge on any atom is -0.393 e. The van der Waals surface area contributed by atoms with Crippen molar-refractivity contribution in [3.8, 4) is 0 Å². The minimum absolute atomic E-state index is 0.0706. The SMILES string of the molecule is OCC(F)CN(Cc1ccccc1)CC(O)COCc1ccccc1. The van der Waals surface area contributed by atoms with E-state index in [1.807, 2.05) is 60.7 Å². The molecule has 2 N–H and O–H groups in total. The predicted octanol–water partition coefficient (Wildman–Crippen LogP) is 2.40. The summed E-state index contributed by atoms with van der Waals surface area (Å²) in [5.41, 5.74) is 2.07. The van der Waals surface area contributed by atoms with Gasteiger partial charge in [0.2, 0.25) is 0 Å². The third-order valence-electron chi connectivity index (χ3n) is 3.79. The van der Waals surface area contributed by atoms with Crippen molar-refractivity contribution >= 4 is 0 Å². The summed E-state index contributed by atoms with van der Waals surface area (Å²) in [5.74, 6) is 0. The van der Waals surface area contributed by atoms with E-state index in [0.717, 1.165) is 11.1 Å². The number of aliphatic hydroxyl groups is 2. The van der Waals surface area contributed by atoms with Gasteiger partial charge in [0, 0.05) is 19.6 Å². The van der Waals surface area contributed by atoms with Crippen molar-refractivity contribution in [3.05, 3.63) is 71.8 Å². The fraction of sp³-hybridized carbons (Fsp3) is 0.400. The van der Waals surface area contributed by atoms with Crippen LogP contribution in [0.1, 0.15) is 11.1 Å². The molecule has 0 aromatic heterocycles. The third kappa shape index (κ3) is 7.75. The lowest BCUT2D eigenvalue weighted by Crippen LogP contribution is -2.39. The molecular weight excluding hydrogens is 321 g/mol. The van der Waals surface area contributed by atoms with Crippen LogP contribution in [0.3, 0.4) is 0 Å². The Morgan fingerprint density at radius 3 is 2.12 bits per heavy atom. The van der Waals surface area contributed by atoms with E-state index in [4.69, 9.17) is 9.84 Å². The molecule has 0 spiro atoms. The van der Waals surface area contributed by atoms with Crippen molar-refractivity contribution in [2.75, 3.05) is 26.3 Å². The number of hydrogen-bond acceptors (Lipinski definition) is 4. The molecular formula is C20H26FNO3. The summed E-state index contributed by atoms with van der Waals surface area (Å²) >= 11 is 0. The van der Waals surface area contributed by atoms with Crippen LogP contribution in [0, 0.1) is 0 Å². The van der Waals surface area contributed by atoms with Gasteiger partial charge < -0.3 is 14.9 Å². The predicted molar refractivity (Wildman–Crippen MR) is 95.8 cm³/mol.